The summed E-state index contributed by atoms with van der Waals surface area (Å²) in [6.45, 7) is 6.26. The molecular weight excluding hydrogens is 238 g/mol. The van der Waals surface area contributed by atoms with Gasteiger partial charge >= 0.3 is 0 Å². The van der Waals surface area contributed by atoms with Crippen molar-refractivity contribution in [2.45, 2.75) is 39.5 Å². The third-order valence-corrected chi connectivity index (χ3v) is 4.29. The molecule has 3 unspecified atom stereocenters. The van der Waals surface area contributed by atoms with E-state index >= 15 is 0 Å². The molecule has 1 heterocycles. The van der Waals surface area contributed by atoms with Gasteiger partial charge in [0.25, 0.3) is 0 Å². The van der Waals surface area contributed by atoms with Gasteiger partial charge in [0.15, 0.2) is 0 Å². The van der Waals surface area contributed by atoms with E-state index in [1.54, 1.807) is 0 Å². The summed E-state index contributed by atoms with van der Waals surface area (Å²) in [7, 11) is 0. The summed E-state index contributed by atoms with van der Waals surface area (Å²) in [4.78, 5) is 23.9. The van der Waals surface area contributed by atoms with Gasteiger partial charge in [0.05, 0.1) is 5.92 Å². The van der Waals surface area contributed by atoms with Gasteiger partial charge in [0, 0.05) is 6.42 Å². The lowest BCUT2D eigenvalue weighted by Crippen LogP contribution is -2.46. The number of piperidine rings is 1. The second-order valence-electron chi connectivity index (χ2n) is 5.50. The van der Waals surface area contributed by atoms with Crippen molar-refractivity contribution in [1.82, 2.24) is 5.32 Å². The van der Waals surface area contributed by atoms with E-state index in [4.69, 9.17) is 0 Å². The van der Waals surface area contributed by atoms with Crippen molar-refractivity contribution in [3.8, 4) is 0 Å². The number of hydrogen-bond donors (Lipinski definition) is 1. The zero-order valence-electron chi connectivity index (χ0n) is 11.8. The van der Waals surface area contributed by atoms with Crippen molar-refractivity contribution < 1.29 is 9.59 Å². The molecule has 0 saturated carbocycles. The Morgan fingerprint density at radius 3 is 2.63 bits per heavy atom. The van der Waals surface area contributed by atoms with Crippen LogP contribution < -0.4 is 5.32 Å². The van der Waals surface area contributed by atoms with Crippen LogP contribution in [0, 0.1) is 18.8 Å². The molecule has 1 N–H and O–H groups in total. The highest BCUT2D eigenvalue weighted by Gasteiger charge is 2.39. The Morgan fingerprint density at radius 2 is 2.00 bits per heavy atom. The number of hydrogen-bond acceptors (Lipinski definition) is 2. The minimum Gasteiger partial charge on any atom is -0.296 e. The maximum atomic E-state index is 12.3. The predicted molar refractivity (Wildman–Crippen MR) is 74.6 cm³/mol. The molecule has 0 spiro atoms. The number of carbonyl (C=O) groups is 2. The van der Waals surface area contributed by atoms with Crippen molar-refractivity contribution in [2.24, 2.45) is 11.8 Å². The van der Waals surface area contributed by atoms with E-state index in [0.717, 1.165) is 17.5 Å². The summed E-state index contributed by atoms with van der Waals surface area (Å²) in [5.41, 5.74) is 2.17. The number of benzene rings is 1. The molecule has 3 heteroatoms. The lowest BCUT2D eigenvalue weighted by molar-refractivity contribution is -0.137. The van der Waals surface area contributed by atoms with Gasteiger partial charge in [-0.3, -0.25) is 14.9 Å². The van der Waals surface area contributed by atoms with Crippen LogP contribution in [0.3, 0.4) is 0 Å². The molecule has 0 radical (unpaired) electrons. The Hall–Kier alpha value is -1.64. The first kappa shape index (κ1) is 13.8. The van der Waals surface area contributed by atoms with Gasteiger partial charge in [0.1, 0.15) is 0 Å². The second-order valence-corrected chi connectivity index (χ2v) is 5.50. The van der Waals surface area contributed by atoms with Crippen molar-refractivity contribution in [1.29, 1.82) is 0 Å². The van der Waals surface area contributed by atoms with Gasteiger partial charge < -0.3 is 0 Å². The number of nitrogens with one attached hydrogen (secondary N) is 1. The fraction of sp³-hybridized carbons (Fsp3) is 0.500. The molecule has 19 heavy (non-hydrogen) atoms. The van der Waals surface area contributed by atoms with Crippen molar-refractivity contribution in [2.75, 3.05) is 0 Å². The molecule has 3 atom stereocenters. The van der Waals surface area contributed by atoms with E-state index in [-0.39, 0.29) is 23.7 Å². The molecule has 2 rings (SSSR count). The molecule has 102 valence electrons. The van der Waals surface area contributed by atoms with Crippen LogP contribution in [0.4, 0.5) is 0 Å². The van der Waals surface area contributed by atoms with Crippen LogP contribution in [0.2, 0.25) is 0 Å². The Morgan fingerprint density at radius 1 is 1.32 bits per heavy atom. The smallest absolute Gasteiger partial charge is 0.234 e. The summed E-state index contributed by atoms with van der Waals surface area (Å²) >= 11 is 0. The normalized spacial score (nSPS) is 25.0. The average molecular weight is 259 g/mol. The quantitative estimate of drug-likeness (QED) is 0.848. The molecular formula is C16H21NO2. The van der Waals surface area contributed by atoms with Gasteiger partial charge in [-0.25, -0.2) is 0 Å². The predicted octanol–water partition coefficient (Wildman–Crippen LogP) is 2.79. The summed E-state index contributed by atoms with van der Waals surface area (Å²) < 4.78 is 0. The van der Waals surface area contributed by atoms with E-state index in [0.29, 0.717) is 12.3 Å². The fourth-order valence-electron chi connectivity index (χ4n) is 2.93. The van der Waals surface area contributed by atoms with E-state index in [1.165, 1.54) is 0 Å². The van der Waals surface area contributed by atoms with E-state index in [1.807, 2.05) is 31.2 Å². The standard InChI is InChI=1S/C16H21NO2/c1-4-10(2)13-9-14(18)17-16(19)15(13)12-8-6-5-7-11(12)3/h5-8,10,13,15H,4,9H2,1-3H3,(H,17,18,19). The maximum Gasteiger partial charge on any atom is 0.234 e. The van der Waals surface area contributed by atoms with Crippen LogP contribution in [-0.2, 0) is 9.59 Å². The van der Waals surface area contributed by atoms with Crippen LogP contribution in [0.5, 0.6) is 0 Å². The first-order chi connectivity index (χ1) is 9.04. The molecule has 1 saturated heterocycles. The topological polar surface area (TPSA) is 46.2 Å². The van der Waals surface area contributed by atoms with E-state index < -0.39 is 0 Å². The first-order valence-electron chi connectivity index (χ1n) is 6.93. The molecule has 1 aliphatic heterocycles. The molecule has 0 aromatic heterocycles. The van der Waals surface area contributed by atoms with Crippen LogP contribution in [0.1, 0.15) is 43.7 Å². The highest BCUT2D eigenvalue weighted by molar-refractivity contribution is 6.01. The Kier molecular flexibility index (Phi) is 4.03. The number of amides is 2. The molecule has 0 bridgehead atoms. The SMILES string of the molecule is CCC(C)C1CC(=O)NC(=O)C1c1ccccc1C. The van der Waals surface area contributed by atoms with Gasteiger partial charge in [-0.15, -0.1) is 0 Å². The van der Waals surface area contributed by atoms with Crippen LogP contribution in [0.25, 0.3) is 0 Å². The lowest BCUT2D eigenvalue weighted by Gasteiger charge is -2.34. The molecule has 0 aliphatic carbocycles. The minimum absolute atomic E-state index is 0.104. The van der Waals surface area contributed by atoms with Gasteiger partial charge in [-0.1, -0.05) is 44.5 Å². The Balaban J connectivity index is 2.41. The van der Waals surface area contributed by atoms with Gasteiger partial charge in [-0.2, -0.15) is 0 Å². The summed E-state index contributed by atoms with van der Waals surface area (Å²) in [6, 6.07) is 7.96. The van der Waals surface area contributed by atoms with Crippen molar-refractivity contribution >= 4 is 11.8 Å². The minimum atomic E-state index is -0.200. The molecule has 1 aromatic carbocycles. The van der Waals surface area contributed by atoms with Gasteiger partial charge in [0.2, 0.25) is 11.8 Å². The molecule has 1 fully saturated rings. The third kappa shape index (κ3) is 2.70. The third-order valence-electron chi connectivity index (χ3n) is 4.29. The van der Waals surface area contributed by atoms with Crippen LogP contribution in [-0.4, -0.2) is 11.8 Å². The first-order valence-corrected chi connectivity index (χ1v) is 6.93. The number of imide groups is 1. The zero-order chi connectivity index (χ0) is 14.0. The maximum absolute atomic E-state index is 12.3. The summed E-state index contributed by atoms with van der Waals surface area (Å²) in [6.07, 6.45) is 1.42. The van der Waals surface area contributed by atoms with E-state index in [9.17, 15) is 9.59 Å². The molecule has 1 aromatic rings. The lowest BCUT2D eigenvalue weighted by atomic mass is 9.72. The zero-order valence-corrected chi connectivity index (χ0v) is 11.8. The highest BCUT2D eigenvalue weighted by atomic mass is 16.2. The highest BCUT2D eigenvalue weighted by Crippen LogP contribution is 2.38. The van der Waals surface area contributed by atoms with E-state index in [2.05, 4.69) is 19.2 Å². The summed E-state index contributed by atoms with van der Waals surface area (Å²) in [5.74, 6) is -0.0169. The van der Waals surface area contributed by atoms with Gasteiger partial charge in [-0.05, 0) is 29.9 Å². The van der Waals surface area contributed by atoms with Crippen LogP contribution in [0.15, 0.2) is 24.3 Å². The second kappa shape index (κ2) is 5.55. The van der Waals surface area contributed by atoms with Crippen molar-refractivity contribution in [3.05, 3.63) is 35.4 Å². The van der Waals surface area contributed by atoms with Crippen LogP contribution >= 0.6 is 0 Å². The fourth-order valence-corrected chi connectivity index (χ4v) is 2.93. The Labute approximate surface area is 114 Å². The molecule has 1 aliphatic rings. The number of aryl methyl sites for hydroxylation is 1. The largest absolute Gasteiger partial charge is 0.296 e. The summed E-state index contributed by atoms with van der Waals surface area (Å²) in [5, 5.41) is 2.49. The monoisotopic (exact) mass is 259 g/mol. The Bertz CT molecular complexity index is 495. The molecule has 3 nitrogen and oxygen atoms in total. The number of rotatable bonds is 3. The molecule has 2 amide bonds. The number of carbonyl (C=O) groups excluding carboxylic acids is 2. The average Bonchev–Trinajstić information content (AvgIpc) is 2.38. The van der Waals surface area contributed by atoms with Crippen molar-refractivity contribution in [3.63, 3.8) is 0 Å².